The summed E-state index contributed by atoms with van der Waals surface area (Å²) >= 11 is 5.77. The molecule has 1 heterocycles. The molecule has 0 unspecified atom stereocenters. The highest BCUT2D eigenvalue weighted by atomic mass is 35.5. The summed E-state index contributed by atoms with van der Waals surface area (Å²) in [6, 6.07) is 4.64. The van der Waals surface area contributed by atoms with Gasteiger partial charge >= 0.3 is 0 Å². The van der Waals surface area contributed by atoms with Gasteiger partial charge in [-0.15, -0.1) is 5.10 Å². The third-order valence-electron chi connectivity index (χ3n) is 1.80. The number of H-pyrrole nitrogens is 1. The maximum Gasteiger partial charge on any atom is 0.269 e. The monoisotopic (exact) mass is 237 g/mol. The SMILES string of the molecule is Nc1nc(/N=C/c2cc(Cl)ccc2O)n[nH]1. The van der Waals surface area contributed by atoms with Gasteiger partial charge in [-0.2, -0.15) is 4.98 Å². The zero-order chi connectivity index (χ0) is 11.5. The van der Waals surface area contributed by atoms with Gasteiger partial charge < -0.3 is 10.8 Å². The van der Waals surface area contributed by atoms with Crippen LogP contribution in [-0.4, -0.2) is 26.5 Å². The minimum atomic E-state index is 0.0802. The molecule has 0 aliphatic heterocycles. The second kappa shape index (κ2) is 4.19. The van der Waals surface area contributed by atoms with Crippen LogP contribution in [0.1, 0.15) is 5.56 Å². The fourth-order valence-corrected chi connectivity index (χ4v) is 1.26. The average Bonchev–Trinajstić information content (AvgIpc) is 2.66. The van der Waals surface area contributed by atoms with Crippen LogP contribution in [0.3, 0.4) is 0 Å². The second-order valence-electron chi connectivity index (χ2n) is 2.98. The first-order valence-corrected chi connectivity index (χ1v) is 4.73. The highest BCUT2D eigenvalue weighted by Crippen LogP contribution is 2.20. The van der Waals surface area contributed by atoms with Crippen LogP contribution in [0.15, 0.2) is 23.2 Å². The van der Waals surface area contributed by atoms with Crippen molar-refractivity contribution in [1.29, 1.82) is 0 Å². The van der Waals surface area contributed by atoms with E-state index in [0.717, 1.165) is 0 Å². The summed E-state index contributed by atoms with van der Waals surface area (Å²) in [6.07, 6.45) is 1.41. The smallest absolute Gasteiger partial charge is 0.269 e. The first kappa shape index (κ1) is 10.4. The molecule has 0 bridgehead atoms. The number of nitrogen functional groups attached to an aromatic ring is 1. The van der Waals surface area contributed by atoms with Gasteiger partial charge in [0.1, 0.15) is 5.75 Å². The number of phenolic OH excluding ortho intramolecular Hbond substituents is 1. The second-order valence-corrected chi connectivity index (χ2v) is 3.42. The summed E-state index contributed by atoms with van der Waals surface area (Å²) in [5.41, 5.74) is 5.81. The number of aliphatic imine (C=N–C) groups is 1. The molecule has 0 amide bonds. The molecule has 1 aromatic heterocycles. The van der Waals surface area contributed by atoms with Crippen molar-refractivity contribution in [1.82, 2.24) is 15.2 Å². The van der Waals surface area contributed by atoms with E-state index < -0.39 is 0 Å². The van der Waals surface area contributed by atoms with Crippen LogP contribution >= 0.6 is 11.6 Å². The molecular weight excluding hydrogens is 230 g/mol. The topological polar surface area (TPSA) is 100 Å². The first-order chi connectivity index (χ1) is 7.65. The Kier molecular flexibility index (Phi) is 2.74. The van der Waals surface area contributed by atoms with Crippen LogP contribution in [0.5, 0.6) is 5.75 Å². The number of aromatic nitrogens is 3. The lowest BCUT2D eigenvalue weighted by molar-refractivity contribution is 0.474. The molecule has 7 heteroatoms. The third-order valence-corrected chi connectivity index (χ3v) is 2.03. The van der Waals surface area contributed by atoms with E-state index in [0.29, 0.717) is 10.6 Å². The molecule has 4 N–H and O–H groups in total. The van der Waals surface area contributed by atoms with Crippen molar-refractivity contribution in [2.75, 3.05) is 5.73 Å². The van der Waals surface area contributed by atoms with Crippen molar-refractivity contribution in [3.63, 3.8) is 0 Å². The minimum Gasteiger partial charge on any atom is -0.507 e. The number of nitrogens with two attached hydrogens (primary N) is 1. The summed E-state index contributed by atoms with van der Waals surface area (Å²) in [5.74, 6) is 0.455. The highest BCUT2D eigenvalue weighted by molar-refractivity contribution is 6.30. The molecule has 0 spiro atoms. The molecule has 0 radical (unpaired) electrons. The van der Waals surface area contributed by atoms with Gasteiger partial charge in [-0.25, -0.2) is 10.1 Å². The lowest BCUT2D eigenvalue weighted by Crippen LogP contribution is -1.85. The minimum absolute atomic E-state index is 0.0802. The van der Waals surface area contributed by atoms with E-state index in [1.54, 1.807) is 12.1 Å². The summed E-state index contributed by atoms with van der Waals surface area (Å²) in [4.78, 5) is 7.70. The first-order valence-electron chi connectivity index (χ1n) is 4.35. The van der Waals surface area contributed by atoms with E-state index in [1.807, 2.05) is 0 Å². The molecule has 0 saturated carbocycles. The van der Waals surface area contributed by atoms with Gasteiger partial charge in [0.2, 0.25) is 5.95 Å². The number of nitrogens with one attached hydrogen (secondary N) is 1. The molecular formula is C9H8ClN5O. The molecule has 0 aliphatic carbocycles. The molecule has 0 aliphatic rings. The molecule has 16 heavy (non-hydrogen) atoms. The quantitative estimate of drug-likeness (QED) is 0.689. The highest BCUT2D eigenvalue weighted by Gasteiger charge is 2.00. The number of benzene rings is 1. The maximum absolute atomic E-state index is 9.49. The van der Waals surface area contributed by atoms with Crippen molar-refractivity contribution in [2.45, 2.75) is 0 Å². The Balaban J connectivity index is 2.26. The van der Waals surface area contributed by atoms with E-state index in [1.165, 1.54) is 12.3 Å². The summed E-state index contributed by atoms with van der Waals surface area (Å²) in [6.45, 7) is 0. The van der Waals surface area contributed by atoms with Crippen molar-refractivity contribution in [3.05, 3.63) is 28.8 Å². The van der Waals surface area contributed by atoms with Crippen LogP contribution in [0.2, 0.25) is 5.02 Å². The molecule has 0 atom stereocenters. The Morgan fingerprint density at radius 2 is 2.31 bits per heavy atom. The summed E-state index contributed by atoms with van der Waals surface area (Å²) in [5, 5.41) is 16.2. The molecule has 2 aromatic rings. The predicted molar refractivity (Wildman–Crippen MR) is 61.2 cm³/mol. The molecule has 2 rings (SSSR count). The van der Waals surface area contributed by atoms with Gasteiger partial charge in [0.15, 0.2) is 0 Å². The van der Waals surface area contributed by atoms with E-state index in [-0.39, 0.29) is 17.6 Å². The fourth-order valence-electron chi connectivity index (χ4n) is 1.08. The molecule has 0 fully saturated rings. The molecule has 6 nitrogen and oxygen atoms in total. The Morgan fingerprint density at radius 3 is 3.00 bits per heavy atom. The Bertz CT molecular complexity index is 536. The van der Waals surface area contributed by atoms with E-state index in [4.69, 9.17) is 17.3 Å². The van der Waals surface area contributed by atoms with Crippen molar-refractivity contribution < 1.29 is 5.11 Å². The molecule has 1 aromatic carbocycles. The van der Waals surface area contributed by atoms with Crippen LogP contribution in [-0.2, 0) is 0 Å². The van der Waals surface area contributed by atoms with Gasteiger partial charge in [-0.05, 0) is 18.2 Å². The van der Waals surface area contributed by atoms with Crippen LogP contribution in [0, 0.1) is 0 Å². The zero-order valence-corrected chi connectivity index (χ0v) is 8.81. The number of anilines is 1. The van der Waals surface area contributed by atoms with E-state index in [2.05, 4.69) is 20.2 Å². The zero-order valence-electron chi connectivity index (χ0n) is 8.05. The Labute approximate surface area is 95.8 Å². The number of hydrogen-bond donors (Lipinski definition) is 3. The van der Waals surface area contributed by atoms with Crippen LogP contribution < -0.4 is 5.73 Å². The van der Waals surface area contributed by atoms with E-state index >= 15 is 0 Å². The summed E-state index contributed by atoms with van der Waals surface area (Å²) < 4.78 is 0. The fraction of sp³-hybridized carbons (Fsp3) is 0. The number of aromatic amines is 1. The van der Waals surface area contributed by atoms with Crippen molar-refractivity contribution in [2.24, 2.45) is 4.99 Å². The number of hydrogen-bond acceptors (Lipinski definition) is 5. The van der Waals surface area contributed by atoms with Gasteiger partial charge in [0.05, 0.1) is 0 Å². The number of halogens is 1. The lowest BCUT2D eigenvalue weighted by Gasteiger charge is -1.97. The number of nitrogens with zero attached hydrogens (tertiary/aromatic N) is 3. The van der Waals surface area contributed by atoms with Gasteiger partial charge in [0, 0.05) is 16.8 Å². The molecule has 82 valence electrons. The Morgan fingerprint density at radius 1 is 1.50 bits per heavy atom. The largest absolute Gasteiger partial charge is 0.507 e. The molecule has 0 saturated heterocycles. The lowest BCUT2D eigenvalue weighted by atomic mass is 10.2. The predicted octanol–water partition coefficient (Wildman–Crippen LogP) is 1.50. The number of phenols is 1. The van der Waals surface area contributed by atoms with Gasteiger partial charge in [-0.3, -0.25) is 0 Å². The van der Waals surface area contributed by atoms with Gasteiger partial charge in [-0.1, -0.05) is 11.6 Å². The van der Waals surface area contributed by atoms with Crippen LogP contribution in [0.25, 0.3) is 0 Å². The normalized spacial score (nSPS) is 11.1. The average molecular weight is 238 g/mol. The Hall–Kier alpha value is -2.08. The number of aromatic hydroxyl groups is 1. The third kappa shape index (κ3) is 2.29. The van der Waals surface area contributed by atoms with Crippen LogP contribution in [0.4, 0.5) is 11.9 Å². The maximum atomic E-state index is 9.49. The number of rotatable bonds is 2. The standard InChI is InChI=1S/C9H8ClN5O/c10-6-1-2-7(16)5(3-6)4-12-9-13-8(11)14-15-9/h1-4,16H,(H3,11,13,14,15)/b12-4+. The summed E-state index contributed by atoms with van der Waals surface area (Å²) in [7, 11) is 0. The van der Waals surface area contributed by atoms with E-state index in [9.17, 15) is 5.11 Å². The van der Waals surface area contributed by atoms with Crippen molar-refractivity contribution >= 4 is 29.7 Å². The van der Waals surface area contributed by atoms with Gasteiger partial charge in [0.25, 0.3) is 5.95 Å². The van der Waals surface area contributed by atoms with Crippen molar-refractivity contribution in [3.8, 4) is 5.75 Å².